The molecule has 14 heavy (non-hydrogen) atoms. The van der Waals surface area contributed by atoms with E-state index in [0.29, 0.717) is 0 Å². The maximum Gasteiger partial charge on any atom is 0.0121 e. The first-order valence-electron chi connectivity index (χ1n) is 6.37. The van der Waals surface area contributed by atoms with Crippen LogP contribution >= 0.6 is 0 Å². The van der Waals surface area contributed by atoms with Crippen molar-refractivity contribution in [1.29, 1.82) is 0 Å². The molecular weight excluding hydrogens is 170 g/mol. The molecule has 1 heteroatoms. The van der Waals surface area contributed by atoms with Crippen molar-refractivity contribution in [2.24, 2.45) is 17.3 Å². The second kappa shape index (κ2) is 3.84. The quantitative estimate of drug-likeness (QED) is 0.729. The van der Waals surface area contributed by atoms with E-state index in [9.17, 15) is 0 Å². The standard InChI is InChI=1S/C13H25N/c1-10(2)12(14-3)11-6-4-7-13(11)8-5-9-13/h10-12,14H,4-9H2,1-3H3. The lowest BCUT2D eigenvalue weighted by Gasteiger charge is -2.47. The Hall–Kier alpha value is -0.0400. The van der Waals surface area contributed by atoms with Crippen LogP contribution in [0, 0.1) is 17.3 Å². The van der Waals surface area contributed by atoms with Gasteiger partial charge in [0.15, 0.2) is 0 Å². The summed E-state index contributed by atoms with van der Waals surface area (Å²) in [5.41, 5.74) is 0.776. The number of rotatable bonds is 3. The fourth-order valence-corrected chi connectivity index (χ4v) is 3.98. The van der Waals surface area contributed by atoms with Gasteiger partial charge in [0, 0.05) is 6.04 Å². The largest absolute Gasteiger partial charge is 0.316 e. The first-order chi connectivity index (χ1) is 6.69. The van der Waals surface area contributed by atoms with Crippen molar-refractivity contribution in [3.05, 3.63) is 0 Å². The second-order valence-corrected chi connectivity index (χ2v) is 5.77. The number of hydrogen-bond donors (Lipinski definition) is 1. The molecule has 0 aromatic rings. The molecule has 2 saturated carbocycles. The molecule has 0 aromatic carbocycles. The summed E-state index contributed by atoms with van der Waals surface area (Å²) < 4.78 is 0. The second-order valence-electron chi connectivity index (χ2n) is 5.77. The maximum atomic E-state index is 3.57. The minimum absolute atomic E-state index is 0.762. The fourth-order valence-electron chi connectivity index (χ4n) is 3.98. The molecule has 2 rings (SSSR count). The molecule has 2 unspecified atom stereocenters. The molecular formula is C13H25N. The van der Waals surface area contributed by atoms with Gasteiger partial charge in [-0.05, 0) is 50.0 Å². The third-order valence-corrected chi connectivity index (χ3v) is 4.81. The Morgan fingerprint density at radius 2 is 1.79 bits per heavy atom. The minimum atomic E-state index is 0.762. The molecule has 2 aliphatic rings. The zero-order chi connectivity index (χ0) is 10.2. The molecule has 1 N–H and O–H groups in total. The van der Waals surface area contributed by atoms with Gasteiger partial charge >= 0.3 is 0 Å². The molecule has 0 radical (unpaired) electrons. The van der Waals surface area contributed by atoms with E-state index in [2.05, 4.69) is 26.2 Å². The van der Waals surface area contributed by atoms with Crippen molar-refractivity contribution >= 4 is 0 Å². The zero-order valence-corrected chi connectivity index (χ0v) is 9.97. The van der Waals surface area contributed by atoms with Crippen molar-refractivity contribution < 1.29 is 0 Å². The third kappa shape index (κ3) is 1.50. The van der Waals surface area contributed by atoms with Gasteiger partial charge in [0.2, 0.25) is 0 Å². The highest BCUT2D eigenvalue weighted by Gasteiger charge is 2.49. The molecule has 0 aliphatic heterocycles. The van der Waals surface area contributed by atoms with Crippen LogP contribution < -0.4 is 5.32 Å². The lowest BCUT2D eigenvalue weighted by molar-refractivity contribution is 0.0445. The first-order valence-corrected chi connectivity index (χ1v) is 6.37. The Morgan fingerprint density at radius 1 is 1.14 bits per heavy atom. The van der Waals surface area contributed by atoms with Crippen LogP contribution in [0.2, 0.25) is 0 Å². The summed E-state index contributed by atoms with van der Waals surface area (Å²) in [5.74, 6) is 1.77. The van der Waals surface area contributed by atoms with Gasteiger partial charge in [0.25, 0.3) is 0 Å². The van der Waals surface area contributed by atoms with Crippen LogP contribution in [0.5, 0.6) is 0 Å². The smallest absolute Gasteiger partial charge is 0.0121 e. The minimum Gasteiger partial charge on any atom is -0.316 e. The Bertz CT molecular complexity index is 193. The molecule has 0 amide bonds. The normalized spacial score (nSPS) is 32.1. The molecule has 0 heterocycles. The zero-order valence-electron chi connectivity index (χ0n) is 9.97. The van der Waals surface area contributed by atoms with E-state index in [1.165, 1.54) is 38.5 Å². The van der Waals surface area contributed by atoms with Crippen LogP contribution in [0.4, 0.5) is 0 Å². The summed E-state index contributed by atoms with van der Waals surface area (Å²) in [5, 5.41) is 3.57. The van der Waals surface area contributed by atoms with E-state index in [0.717, 1.165) is 23.3 Å². The maximum absolute atomic E-state index is 3.57. The van der Waals surface area contributed by atoms with Gasteiger partial charge in [-0.15, -0.1) is 0 Å². The lowest BCUT2D eigenvalue weighted by atomic mass is 9.59. The topological polar surface area (TPSA) is 12.0 Å². The average molecular weight is 195 g/mol. The van der Waals surface area contributed by atoms with E-state index in [1.807, 2.05) is 0 Å². The monoisotopic (exact) mass is 195 g/mol. The highest BCUT2D eigenvalue weighted by Crippen LogP contribution is 2.58. The SMILES string of the molecule is CNC(C(C)C)C1CCCC12CCC2. The molecule has 2 aliphatic carbocycles. The van der Waals surface area contributed by atoms with Gasteiger partial charge in [0.05, 0.1) is 0 Å². The van der Waals surface area contributed by atoms with Crippen molar-refractivity contribution in [3.8, 4) is 0 Å². The predicted octanol–water partition coefficient (Wildman–Crippen LogP) is 3.20. The van der Waals surface area contributed by atoms with Crippen LogP contribution in [0.25, 0.3) is 0 Å². The number of nitrogens with one attached hydrogen (secondary N) is 1. The average Bonchev–Trinajstić information content (AvgIpc) is 2.48. The third-order valence-electron chi connectivity index (χ3n) is 4.81. The van der Waals surface area contributed by atoms with Gasteiger partial charge in [-0.1, -0.05) is 26.7 Å². The predicted molar refractivity (Wildman–Crippen MR) is 61.3 cm³/mol. The van der Waals surface area contributed by atoms with Crippen molar-refractivity contribution in [2.45, 2.75) is 58.4 Å². The summed E-state index contributed by atoms with van der Waals surface area (Å²) >= 11 is 0. The summed E-state index contributed by atoms with van der Waals surface area (Å²) in [6, 6.07) is 0.762. The van der Waals surface area contributed by atoms with Gasteiger partial charge in [-0.25, -0.2) is 0 Å². The summed E-state index contributed by atoms with van der Waals surface area (Å²) in [7, 11) is 2.15. The molecule has 0 aromatic heterocycles. The Balaban J connectivity index is 2.07. The Kier molecular flexibility index (Phi) is 2.88. The molecule has 1 nitrogen and oxygen atoms in total. The van der Waals surface area contributed by atoms with Crippen molar-refractivity contribution in [3.63, 3.8) is 0 Å². The van der Waals surface area contributed by atoms with Gasteiger partial charge in [-0.3, -0.25) is 0 Å². The molecule has 0 bridgehead atoms. The number of hydrogen-bond acceptors (Lipinski definition) is 1. The van der Waals surface area contributed by atoms with Crippen LogP contribution in [0.15, 0.2) is 0 Å². The van der Waals surface area contributed by atoms with E-state index in [4.69, 9.17) is 0 Å². The molecule has 82 valence electrons. The van der Waals surface area contributed by atoms with E-state index in [-0.39, 0.29) is 0 Å². The van der Waals surface area contributed by atoms with E-state index in [1.54, 1.807) is 0 Å². The van der Waals surface area contributed by atoms with Crippen LogP contribution in [-0.2, 0) is 0 Å². The Morgan fingerprint density at radius 3 is 2.21 bits per heavy atom. The molecule has 2 atom stereocenters. The molecule has 1 spiro atoms. The van der Waals surface area contributed by atoms with Crippen molar-refractivity contribution in [1.82, 2.24) is 5.32 Å². The van der Waals surface area contributed by atoms with Crippen LogP contribution in [-0.4, -0.2) is 13.1 Å². The Labute approximate surface area is 88.7 Å². The van der Waals surface area contributed by atoms with E-state index >= 15 is 0 Å². The van der Waals surface area contributed by atoms with Crippen LogP contribution in [0.1, 0.15) is 52.4 Å². The first kappa shape index (κ1) is 10.5. The fraction of sp³-hybridized carbons (Fsp3) is 1.00. The highest BCUT2D eigenvalue weighted by molar-refractivity contribution is 5.02. The summed E-state index contributed by atoms with van der Waals surface area (Å²) in [4.78, 5) is 0. The summed E-state index contributed by atoms with van der Waals surface area (Å²) in [6.07, 6.45) is 9.00. The lowest BCUT2D eigenvalue weighted by Crippen LogP contribution is -2.47. The van der Waals surface area contributed by atoms with Crippen LogP contribution in [0.3, 0.4) is 0 Å². The molecule has 2 fully saturated rings. The van der Waals surface area contributed by atoms with E-state index < -0.39 is 0 Å². The van der Waals surface area contributed by atoms with Gasteiger partial charge in [0.1, 0.15) is 0 Å². The molecule has 0 saturated heterocycles. The highest BCUT2D eigenvalue weighted by atomic mass is 14.9. The summed E-state index contributed by atoms with van der Waals surface area (Å²) in [6.45, 7) is 4.73. The van der Waals surface area contributed by atoms with Gasteiger partial charge < -0.3 is 5.32 Å². The van der Waals surface area contributed by atoms with Crippen molar-refractivity contribution in [2.75, 3.05) is 7.05 Å². The van der Waals surface area contributed by atoms with Gasteiger partial charge in [-0.2, -0.15) is 0 Å².